The van der Waals surface area contributed by atoms with Crippen LogP contribution in [0.25, 0.3) is 0 Å². The highest BCUT2D eigenvalue weighted by Gasteiger charge is 2.28. The maximum Gasteiger partial charge on any atom is 0.319 e. The molecule has 1 saturated heterocycles. The Kier molecular flexibility index (Phi) is 5.87. The van der Waals surface area contributed by atoms with Crippen LogP contribution in [-0.4, -0.2) is 75.3 Å². The third-order valence-electron chi connectivity index (χ3n) is 4.41. The van der Waals surface area contributed by atoms with Crippen LogP contribution in [0, 0.1) is 0 Å². The van der Waals surface area contributed by atoms with Crippen LogP contribution in [0.5, 0.6) is 0 Å². The smallest absolute Gasteiger partial charge is 0.319 e. The fraction of sp³-hybridized carbons (Fsp3) is 0.667. The van der Waals surface area contributed by atoms with Crippen LogP contribution in [0.15, 0.2) is 12.4 Å². The molecular formula is C15H23F2N5O2. The van der Waals surface area contributed by atoms with Gasteiger partial charge in [0.25, 0.3) is 0 Å². The molecule has 24 heavy (non-hydrogen) atoms. The first-order valence-electron chi connectivity index (χ1n) is 7.85. The highest BCUT2D eigenvalue weighted by molar-refractivity contribution is 5.82. The van der Waals surface area contributed by atoms with E-state index in [4.69, 9.17) is 0 Å². The van der Waals surface area contributed by atoms with E-state index >= 15 is 0 Å². The number of halogens is 2. The van der Waals surface area contributed by atoms with E-state index in [0.717, 1.165) is 4.57 Å². The predicted octanol–water partition coefficient (Wildman–Crippen LogP) is 0.789. The first-order valence-corrected chi connectivity index (χ1v) is 7.85. The Balaban J connectivity index is 1.93. The Labute approximate surface area is 139 Å². The lowest BCUT2D eigenvalue weighted by Crippen LogP contribution is -2.54. The summed E-state index contributed by atoms with van der Waals surface area (Å²) in [4.78, 5) is 32.9. The zero-order valence-corrected chi connectivity index (χ0v) is 14.2. The van der Waals surface area contributed by atoms with Crippen LogP contribution >= 0.6 is 0 Å². The van der Waals surface area contributed by atoms with Crippen molar-refractivity contribution in [3.63, 3.8) is 0 Å². The summed E-state index contributed by atoms with van der Waals surface area (Å²) in [6.07, 6.45) is 2.55. The second-order valence-corrected chi connectivity index (χ2v) is 5.95. The number of amides is 2. The number of imidazole rings is 1. The van der Waals surface area contributed by atoms with Crippen molar-refractivity contribution in [3.05, 3.63) is 18.2 Å². The zero-order valence-electron chi connectivity index (χ0n) is 14.2. The second-order valence-electron chi connectivity index (χ2n) is 5.95. The maximum absolute atomic E-state index is 12.9. The van der Waals surface area contributed by atoms with Crippen LogP contribution in [-0.2, 0) is 16.1 Å². The minimum atomic E-state index is -2.65. The van der Waals surface area contributed by atoms with E-state index in [1.165, 1.54) is 19.3 Å². The lowest BCUT2D eigenvalue weighted by molar-refractivity contribution is -0.141. The van der Waals surface area contributed by atoms with E-state index in [9.17, 15) is 18.4 Å². The molecule has 0 saturated carbocycles. The monoisotopic (exact) mass is 343 g/mol. The molecule has 0 aromatic carbocycles. The lowest BCUT2D eigenvalue weighted by Gasteiger charge is -2.37. The Morgan fingerprint density at radius 1 is 1.25 bits per heavy atom. The van der Waals surface area contributed by atoms with Gasteiger partial charge in [0.05, 0.1) is 12.6 Å². The van der Waals surface area contributed by atoms with Gasteiger partial charge in [0.2, 0.25) is 11.8 Å². The minimum Gasteiger partial charge on any atom is -0.339 e. The largest absolute Gasteiger partial charge is 0.339 e. The van der Waals surface area contributed by atoms with Gasteiger partial charge in [0.1, 0.15) is 5.82 Å². The first-order chi connectivity index (χ1) is 11.3. The standard InChI is InChI=1S/C15H23F2N5O2/c1-11(14(24)21-8-6-20(7-9-21)12(2)23)19(3)10-13-18-4-5-22(13)15(16)17/h4-5,11,15H,6-10H2,1-3H3/t11-/m0/s1. The van der Waals surface area contributed by atoms with Gasteiger partial charge in [-0.15, -0.1) is 0 Å². The maximum atomic E-state index is 12.9. The average molecular weight is 343 g/mol. The Hall–Kier alpha value is -2.03. The molecule has 7 nitrogen and oxygen atoms in total. The molecule has 2 amide bonds. The molecule has 0 unspecified atom stereocenters. The third kappa shape index (κ3) is 4.08. The summed E-state index contributed by atoms with van der Waals surface area (Å²) in [5, 5.41) is 0. The zero-order chi connectivity index (χ0) is 17.9. The molecule has 1 aliphatic rings. The first kappa shape index (κ1) is 18.3. The van der Waals surface area contributed by atoms with Gasteiger partial charge in [-0.1, -0.05) is 0 Å². The van der Waals surface area contributed by atoms with Crippen LogP contribution in [0.1, 0.15) is 26.2 Å². The molecule has 0 radical (unpaired) electrons. The minimum absolute atomic E-state index is 0.00565. The fourth-order valence-electron chi connectivity index (χ4n) is 2.70. The molecule has 0 bridgehead atoms. The van der Waals surface area contributed by atoms with E-state index in [1.54, 1.807) is 28.7 Å². The lowest BCUT2D eigenvalue weighted by atomic mass is 10.2. The van der Waals surface area contributed by atoms with E-state index in [-0.39, 0.29) is 24.2 Å². The number of hydrogen-bond donors (Lipinski definition) is 0. The van der Waals surface area contributed by atoms with Gasteiger partial charge in [-0.2, -0.15) is 8.78 Å². The molecule has 9 heteroatoms. The quantitative estimate of drug-likeness (QED) is 0.793. The average Bonchev–Trinajstić information content (AvgIpc) is 3.01. The van der Waals surface area contributed by atoms with Gasteiger partial charge in [-0.25, -0.2) is 4.98 Å². The number of carbonyl (C=O) groups excluding carboxylic acids is 2. The van der Waals surface area contributed by atoms with Crippen molar-refractivity contribution < 1.29 is 18.4 Å². The van der Waals surface area contributed by atoms with Crippen molar-refractivity contribution in [2.45, 2.75) is 33.0 Å². The Morgan fingerprint density at radius 3 is 2.38 bits per heavy atom. The summed E-state index contributed by atoms with van der Waals surface area (Å²) in [5.41, 5.74) is 0. The van der Waals surface area contributed by atoms with Crippen LogP contribution < -0.4 is 0 Å². The molecule has 2 rings (SSSR count). The van der Waals surface area contributed by atoms with Crippen molar-refractivity contribution in [1.29, 1.82) is 0 Å². The summed E-state index contributed by atoms with van der Waals surface area (Å²) >= 11 is 0. The molecule has 0 aliphatic carbocycles. The SMILES string of the molecule is CC(=O)N1CCN(C(=O)[C@H](C)N(C)Cc2nccn2C(F)F)CC1. The van der Waals surface area contributed by atoms with E-state index in [0.29, 0.717) is 26.2 Å². The van der Waals surface area contributed by atoms with Gasteiger partial charge in [0.15, 0.2) is 0 Å². The molecule has 2 heterocycles. The number of nitrogens with zero attached hydrogens (tertiary/aromatic N) is 5. The normalized spacial score (nSPS) is 16.8. The van der Waals surface area contributed by atoms with Crippen molar-refractivity contribution in [3.8, 4) is 0 Å². The van der Waals surface area contributed by atoms with Crippen LogP contribution in [0.2, 0.25) is 0 Å². The number of carbonyl (C=O) groups is 2. The van der Waals surface area contributed by atoms with Gasteiger partial charge in [0, 0.05) is 45.5 Å². The highest BCUT2D eigenvalue weighted by atomic mass is 19.3. The molecule has 1 fully saturated rings. The molecule has 134 valence electrons. The van der Waals surface area contributed by atoms with Crippen LogP contribution in [0.3, 0.4) is 0 Å². The molecule has 1 aromatic rings. The number of alkyl halides is 2. The molecule has 1 atom stereocenters. The summed E-state index contributed by atoms with van der Waals surface area (Å²) in [5.74, 6) is 0.149. The molecule has 1 aromatic heterocycles. The number of piperazine rings is 1. The third-order valence-corrected chi connectivity index (χ3v) is 4.41. The van der Waals surface area contributed by atoms with Crippen LogP contribution in [0.4, 0.5) is 8.78 Å². The van der Waals surface area contributed by atoms with Crippen molar-refractivity contribution in [2.24, 2.45) is 0 Å². The fourth-order valence-corrected chi connectivity index (χ4v) is 2.70. The van der Waals surface area contributed by atoms with E-state index in [2.05, 4.69) is 4.98 Å². The Bertz CT molecular complexity index is 584. The van der Waals surface area contributed by atoms with Gasteiger partial charge in [-0.05, 0) is 14.0 Å². The van der Waals surface area contributed by atoms with Gasteiger partial charge < -0.3 is 9.80 Å². The molecular weight excluding hydrogens is 320 g/mol. The van der Waals surface area contributed by atoms with Crippen molar-refractivity contribution in [2.75, 3.05) is 33.2 Å². The number of aromatic nitrogens is 2. The molecule has 0 N–H and O–H groups in total. The molecule has 0 spiro atoms. The van der Waals surface area contributed by atoms with Gasteiger partial charge in [-0.3, -0.25) is 19.1 Å². The molecule has 1 aliphatic heterocycles. The number of rotatable bonds is 5. The summed E-state index contributed by atoms with van der Waals surface area (Å²) in [6, 6.07) is -0.461. The predicted molar refractivity (Wildman–Crippen MR) is 83.2 cm³/mol. The van der Waals surface area contributed by atoms with Crippen molar-refractivity contribution >= 4 is 11.8 Å². The summed E-state index contributed by atoms with van der Waals surface area (Å²) in [6.45, 7) is 2.78. The van der Waals surface area contributed by atoms with Crippen molar-refractivity contribution in [1.82, 2.24) is 24.3 Å². The van der Waals surface area contributed by atoms with E-state index < -0.39 is 12.6 Å². The van der Waals surface area contributed by atoms with E-state index in [1.807, 2.05) is 0 Å². The van der Waals surface area contributed by atoms with Gasteiger partial charge >= 0.3 is 6.55 Å². The topological polar surface area (TPSA) is 61.7 Å². The Morgan fingerprint density at radius 2 is 1.83 bits per heavy atom. The highest BCUT2D eigenvalue weighted by Crippen LogP contribution is 2.15. The number of likely N-dealkylation sites (N-methyl/N-ethyl adjacent to an activating group) is 1. The summed E-state index contributed by atoms with van der Waals surface area (Å²) < 4.78 is 26.5. The second kappa shape index (κ2) is 7.69. The number of hydrogen-bond acceptors (Lipinski definition) is 4. The summed E-state index contributed by atoms with van der Waals surface area (Å²) in [7, 11) is 1.71.